The molecule has 27 heavy (non-hydrogen) atoms. The molecule has 0 bridgehead atoms. The lowest BCUT2D eigenvalue weighted by Crippen LogP contribution is -2.55. The molecule has 0 aromatic carbocycles. The summed E-state index contributed by atoms with van der Waals surface area (Å²) in [6, 6.07) is -0.609. The minimum absolute atomic E-state index is 0.0687. The van der Waals surface area contributed by atoms with Crippen molar-refractivity contribution >= 4 is 29.8 Å². The minimum atomic E-state index is -0.877. The Balaban J connectivity index is 2.22. The maximum atomic E-state index is 12.8. The number of hydrogen-bond donors (Lipinski definition) is 2. The van der Waals surface area contributed by atoms with Crippen LogP contribution < -0.4 is 5.32 Å². The van der Waals surface area contributed by atoms with E-state index in [0.717, 1.165) is 12.2 Å². The first-order chi connectivity index (χ1) is 12.6. The zero-order valence-electron chi connectivity index (χ0n) is 16.4. The lowest BCUT2D eigenvalue weighted by molar-refractivity contribution is -0.144. The molecule has 2 rings (SSSR count). The summed E-state index contributed by atoms with van der Waals surface area (Å²) in [5, 5.41) is 12.3. The fraction of sp³-hybridized carbons (Fsp3) is 0.833. The highest BCUT2D eigenvalue weighted by atomic mass is 32.2. The Kier molecular flexibility index (Phi) is 7.02. The molecule has 9 heteroatoms. The van der Waals surface area contributed by atoms with Crippen LogP contribution in [0, 0.1) is 0 Å². The van der Waals surface area contributed by atoms with Crippen molar-refractivity contribution in [2.24, 2.45) is 0 Å². The number of carboxylic acids is 1. The van der Waals surface area contributed by atoms with E-state index >= 15 is 0 Å². The molecule has 2 heterocycles. The number of thioether (sulfide) groups is 1. The second kappa shape index (κ2) is 8.68. The third-order valence-corrected chi connectivity index (χ3v) is 6.06. The van der Waals surface area contributed by atoms with Crippen LogP contribution in [0.5, 0.6) is 0 Å². The Morgan fingerprint density at radius 1 is 1.33 bits per heavy atom. The topological polar surface area (TPSA) is 105 Å². The fourth-order valence-electron chi connectivity index (χ4n) is 3.69. The summed E-state index contributed by atoms with van der Waals surface area (Å²) in [5.74, 6) is -0.547. The van der Waals surface area contributed by atoms with Gasteiger partial charge in [0.15, 0.2) is 0 Å². The van der Waals surface area contributed by atoms with Crippen molar-refractivity contribution < 1.29 is 29.0 Å². The molecule has 154 valence electrons. The third-order valence-electron chi connectivity index (χ3n) is 4.89. The average Bonchev–Trinajstić information content (AvgIpc) is 2.96. The average molecular weight is 403 g/mol. The molecule has 2 saturated heterocycles. The molecule has 8 nitrogen and oxygen atoms in total. The third kappa shape index (κ3) is 5.75. The Bertz CT molecular complexity index is 579. The highest BCUT2D eigenvalue weighted by molar-refractivity contribution is 7.99. The van der Waals surface area contributed by atoms with Crippen LogP contribution in [-0.2, 0) is 19.1 Å². The molecule has 0 saturated carbocycles. The van der Waals surface area contributed by atoms with Crippen LogP contribution in [0.4, 0.5) is 4.79 Å². The highest BCUT2D eigenvalue weighted by Gasteiger charge is 2.48. The molecule has 2 fully saturated rings. The molecular formula is C18H30N2O6S. The van der Waals surface area contributed by atoms with Gasteiger partial charge < -0.3 is 19.5 Å². The zero-order valence-corrected chi connectivity index (χ0v) is 17.3. The van der Waals surface area contributed by atoms with Crippen LogP contribution >= 0.6 is 11.8 Å². The van der Waals surface area contributed by atoms with Gasteiger partial charge in [-0.05, 0) is 52.2 Å². The summed E-state index contributed by atoms with van der Waals surface area (Å²) in [7, 11) is 1.33. The number of aliphatic carboxylic acids is 1. The van der Waals surface area contributed by atoms with Gasteiger partial charge in [-0.3, -0.25) is 14.9 Å². The van der Waals surface area contributed by atoms with Crippen molar-refractivity contribution in [1.82, 2.24) is 10.2 Å². The van der Waals surface area contributed by atoms with Gasteiger partial charge in [0.2, 0.25) is 0 Å². The largest absolute Gasteiger partial charge is 0.480 e. The number of carboxylic acid groups (broad SMARTS) is 1. The quantitative estimate of drug-likeness (QED) is 0.675. The van der Waals surface area contributed by atoms with E-state index in [1.54, 1.807) is 37.4 Å². The maximum Gasteiger partial charge on any atom is 0.410 e. The second-order valence-electron chi connectivity index (χ2n) is 8.12. The van der Waals surface area contributed by atoms with Gasteiger partial charge >= 0.3 is 18.0 Å². The number of likely N-dealkylation sites (tertiary alicyclic amines) is 1. The highest BCUT2D eigenvalue weighted by Crippen LogP contribution is 2.40. The first-order valence-corrected chi connectivity index (χ1v) is 10.3. The number of nitrogens with one attached hydrogen (secondary N) is 1. The first-order valence-electron chi connectivity index (χ1n) is 9.24. The van der Waals surface area contributed by atoms with Crippen molar-refractivity contribution in [3.05, 3.63) is 0 Å². The molecule has 0 radical (unpaired) electrons. The van der Waals surface area contributed by atoms with E-state index in [0.29, 0.717) is 25.8 Å². The predicted octanol–water partition coefficient (Wildman–Crippen LogP) is 2.22. The van der Waals surface area contributed by atoms with Crippen molar-refractivity contribution in [3.63, 3.8) is 0 Å². The zero-order chi connectivity index (χ0) is 20.2. The molecule has 2 aliphatic heterocycles. The summed E-state index contributed by atoms with van der Waals surface area (Å²) in [6.07, 6.45) is 2.05. The van der Waals surface area contributed by atoms with E-state index in [-0.39, 0.29) is 17.8 Å². The predicted molar refractivity (Wildman–Crippen MR) is 102 cm³/mol. The van der Waals surface area contributed by atoms with Crippen LogP contribution in [-0.4, -0.2) is 70.0 Å². The van der Waals surface area contributed by atoms with Crippen molar-refractivity contribution in [1.29, 1.82) is 0 Å². The van der Waals surface area contributed by atoms with Crippen molar-refractivity contribution in [3.8, 4) is 0 Å². The molecule has 2 N–H and O–H groups in total. The van der Waals surface area contributed by atoms with Crippen molar-refractivity contribution in [2.45, 2.75) is 75.4 Å². The van der Waals surface area contributed by atoms with Crippen molar-refractivity contribution in [2.75, 3.05) is 19.4 Å². The minimum Gasteiger partial charge on any atom is -0.480 e. The fourth-order valence-corrected chi connectivity index (χ4v) is 5.04. The van der Waals surface area contributed by atoms with Gasteiger partial charge in [-0.2, -0.15) is 0 Å². The van der Waals surface area contributed by atoms with Crippen LogP contribution in [0.3, 0.4) is 0 Å². The van der Waals surface area contributed by atoms with Crippen LogP contribution in [0.1, 0.15) is 52.9 Å². The van der Waals surface area contributed by atoms with Gasteiger partial charge in [-0.25, -0.2) is 4.79 Å². The van der Waals surface area contributed by atoms with E-state index in [1.807, 2.05) is 0 Å². The second-order valence-corrected chi connectivity index (χ2v) is 9.43. The molecule has 0 aliphatic carbocycles. The van der Waals surface area contributed by atoms with Crippen LogP contribution in [0.2, 0.25) is 0 Å². The van der Waals surface area contributed by atoms with E-state index in [9.17, 15) is 19.5 Å². The summed E-state index contributed by atoms with van der Waals surface area (Å²) in [6.45, 7) is 5.92. The maximum absolute atomic E-state index is 12.8. The van der Waals surface area contributed by atoms with E-state index < -0.39 is 29.2 Å². The number of rotatable bonds is 5. The standard InChI is InChI=1S/C18H30N2O6S/c1-17(2,3)26-16(24)20-8-5-7-18(20,11-14(21)25-4)10-13-19-12(15(22)23)6-9-27-13/h12-13,19H,5-11H2,1-4H3,(H,22,23)/t12?,13?,18-/m1/s1. The van der Waals surface area contributed by atoms with Crippen LogP contribution in [0.25, 0.3) is 0 Å². The molecule has 3 atom stereocenters. The number of nitrogens with zero attached hydrogens (tertiary/aromatic N) is 1. The molecule has 0 aromatic heterocycles. The number of methoxy groups -OCH3 is 1. The summed E-state index contributed by atoms with van der Waals surface area (Å²) in [4.78, 5) is 37.9. The number of ether oxygens (including phenoxy) is 2. The van der Waals surface area contributed by atoms with Gasteiger partial charge in [-0.15, -0.1) is 11.8 Å². The van der Waals surface area contributed by atoms with E-state index in [2.05, 4.69) is 5.32 Å². The summed E-state index contributed by atoms with van der Waals surface area (Å²) < 4.78 is 10.4. The Morgan fingerprint density at radius 3 is 2.63 bits per heavy atom. The normalized spacial score (nSPS) is 28.7. The first kappa shape index (κ1) is 21.8. The SMILES string of the molecule is COC(=O)C[C@]1(CC2NC(C(=O)O)CCS2)CCCN1C(=O)OC(C)(C)C. The van der Waals surface area contributed by atoms with E-state index in [1.165, 1.54) is 7.11 Å². The number of carbonyl (C=O) groups excluding carboxylic acids is 2. The molecule has 2 aliphatic rings. The lowest BCUT2D eigenvalue weighted by Gasteiger charge is -2.42. The summed E-state index contributed by atoms with van der Waals surface area (Å²) in [5.41, 5.74) is -1.37. The number of hydrogen-bond acceptors (Lipinski definition) is 7. The molecular weight excluding hydrogens is 372 g/mol. The number of amides is 1. The summed E-state index contributed by atoms with van der Waals surface area (Å²) >= 11 is 1.63. The van der Waals surface area contributed by atoms with Gasteiger partial charge in [0.1, 0.15) is 11.6 Å². The Labute approximate surface area is 164 Å². The van der Waals surface area contributed by atoms with Crippen LogP contribution in [0.15, 0.2) is 0 Å². The molecule has 1 amide bonds. The van der Waals surface area contributed by atoms with Gasteiger partial charge in [0.25, 0.3) is 0 Å². The Morgan fingerprint density at radius 2 is 2.04 bits per heavy atom. The monoisotopic (exact) mass is 402 g/mol. The molecule has 0 aromatic rings. The Hall–Kier alpha value is -1.48. The van der Waals surface area contributed by atoms with Gasteiger partial charge in [0.05, 0.1) is 24.4 Å². The van der Waals surface area contributed by atoms with E-state index in [4.69, 9.17) is 9.47 Å². The number of carbonyl (C=O) groups is 3. The molecule has 2 unspecified atom stereocenters. The smallest absolute Gasteiger partial charge is 0.410 e. The number of esters is 1. The molecule has 0 spiro atoms. The van der Waals surface area contributed by atoms with Gasteiger partial charge in [0, 0.05) is 6.54 Å². The lowest BCUT2D eigenvalue weighted by atomic mass is 9.87. The van der Waals surface area contributed by atoms with Gasteiger partial charge in [-0.1, -0.05) is 0 Å².